The number of rotatable bonds is 1. The summed E-state index contributed by atoms with van der Waals surface area (Å²) in [5, 5.41) is 30.0. The molecule has 14 heavy (non-hydrogen) atoms. The van der Waals surface area contributed by atoms with Crippen molar-refractivity contribution in [3.05, 3.63) is 0 Å². The molecule has 5 atom stereocenters. The first kappa shape index (κ1) is 9.66. The molecule has 2 rings (SSSR count). The minimum absolute atomic E-state index is 0.433. The van der Waals surface area contributed by atoms with Crippen molar-refractivity contribution in [1.29, 1.82) is 0 Å². The zero-order valence-electron chi connectivity index (χ0n) is 7.16. The van der Waals surface area contributed by atoms with E-state index in [0.29, 0.717) is 0 Å². The van der Waals surface area contributed by atoms with Gasteiger partial charge in [-0.25, -0.2) is 4.79 Å². The summed E-state index contributed by atoms with van der Waals surface area (Å²) < 4.78 is 9.77. The molecule has 2 saturated heterocycles. The molecule has 2 fully saturated rings. The summed E-state index contributed by atoms with van der Waals surface area (Å²) in [6.45, 7) is -0.433. The van der Waals surface area contributed by atoms with Gasteiger partial charge in [-0.3, -0.25) is 5.32 Å². The van der Waals surface area contributed by atoms with Crippen molar-refractivity contribution in [3.63, 3.8) is 0 Å². The summed E-state index contributed by atoms with van der Waals surface area (Å²) in [4.78, 5) is 10.8. The first-order valence-corrected chi connectivity index (χ1v) is 4.23. The number of nitrogens with one attached hydrogen (secondary N) is 1. The highest BCUT2D eigenvalue weighted by Gasteiger charge is 2.50. The fourth-order valence-electron chi connectivity index (χ4n) is 1.61. The molecule has 0 radical (unpaired) electrons. The number of alkyl carbamates (subject to hydrolysis) is 1. The standard InChI is InChI=1S/C7H11NO6/c9-1-2-3(10)4(11)5-6(13-2)8-7(12)14-5/h2-6,9-11H,1H2,(H,8,12)/t2-,3-,4-,5+,6+/m0/s1. The molecule has 80 valence electrons. The number of ether oxygens (including phenoxy) is 2. The molecule has 0 saturated carbocycles. The van der Waals surface area contributed by atoms with Gasteiger partial charge in [0.25, 0.3) is 0 Å². The Hall–Kier alpha value is -0.890. The van der Waals surface area contributed by atoms with Gasteiger partial charge in [-0.1, -0.05) is 0 Å². The largest absolute Gasteiger partial charge is 0.438 e. The highest BCUT2D eigenvalue weighted by atomic mass is 16.6. The maximum atomic E-state index is 10.8. The zero-order chi connectivity index (χ0) is 10.3. The number of hydrogen-bond acceptors (Lipinski definition) is 6. The minimum Gasteiger partial charge on any atom is -0.438 e. The molecule has 7 nitrogen and oxygen atoms in total. The maximum Gasteiger partial charge on any atom is 0.409 e. The van der Waals surface area contributed by atoms with Gasteiger partial charge in [0.15, 0.2) is 12.3 Å². The van der Waals surface area contributed by atoms with Crippen molar-refractivity contribution < 1.29 is 29.6 Å². The lowest BCUT2D eigenvalue weighted by Crippen LogP contribution is -2.59. The van der Waals surface area contributed by atoms with Crippen molar-refractivity contribution in [2.45, 2.75) is 30.6 Å². The second-order valence-electron chi connectivity index (χ2n) is 3.27. The van der Waals surface area contributed by atoms with Crippen LogP contribution in [0.3, 0.4) is 0 Å². The molecule has 0 aromatic carbocycles. The van der Waals surface area contributed by atoms with Crippen LogP contribution in [0.2, 0.25) is 0 Å². The van der Waals surface area contributed by atoms with Gasteiger partial charge in [-0.15, -0.1) is 0 Å². The average molecular weight is 205 g/mol. The van der Waals surface area contributed by atoms with E-state index in [0.717, 1.165) is 0 Å². The Bertz CT molecular complexity index is 246. The predicted molar refractivity (Wildman–Crippen MR) is 41.2 cm³/mol. The van der Waals surface area contributed by atoms with Crippen LogP contribution in [0.5, 0.6) is 0 Å². The van der Waals surface area contributed by atoms with Crippen LogP contribution >= 0.6 is 0 Å². The third kappa shape index (κ3) is 1.34. The number of aliphatic hydroxyl groups excluding tert-OH is 3. The highest BCUT2D eigenvalue weighted by Crippen LogP contribution is 2.25. The quantitative estimate of drug-likeness (QED) is 0.378. The van der Waals surface area contributed by atoms with Gasteiger partial charge in [0.1, 0.15) is 18.3 Å². The molecule has 7 heteroatoms. The molecule has 2 heterocycles. The van der Waals surface area contributed by atoms with E-state index in [1.807, 2.05) is 0 Å². The number of fused-ring (bicyclic) bond motifs is 1. The van der Waals surface area contributed by atoms with E-state index >= 15 is 0 Å². The number of aliphatic hydroxyl groups is 3. The summed E-state index contributed by atoms with van der Waals surface area (Å²) in [5.41, 5.74) is 0. The number of carbonyl (C=O) groups is 1. The second kappa shape index (κ2) is 3.35. The van der Waals surface area contributed by atoms with Crippen LogP contribution in [0.1, 0.15) is 0 Å². The monoisotopic (exact) mass is 205 g/mol. The molecular formula is C7H11NO6. The number of carbonyl (C=O) groups excluding carboxylic acids is 1. The number of hydrogen-bond donors (Lipinski definition) is 4. The van der Waals surface area contributed by atoms with E-state index in [9.17, 15) is 15.0 Å². The molecule has 0 aliphatic carbocycles. The second-order valence-corrected chi connectivity index (χ2v) is 3.27. The van der Waals surface area contributed by atoms with Gasteiger partial charge in [-0.2, -0.15) is 0 Å². The third-order valence-corrected chi connectivity index (χ3v) is 2.37. The van der Waals surface area contributed by atoms with E-state index < -0.39 is 43.3 Å². The molecule has 0 aromatic rings. The van der Waals surface area contributed by atoms with Crippen LogP contribution in [-0.4, -0.2) is 58.7 Å². The lowest BCUT2D eigenvalue weighted by atomic mass is 9.99. The molecule has 0 spiro atoms. The van der Waals surface area contributed by atoms with E-state index in [1.165, 1.54) is 0 Å². The van der Waals surface area contributed by atoms with E-state index in [2.05, 4.69) is 10.1 Å². The molecule has 1 amide bonds. The third-order valence-electron chi connectivity index (χ3n) is 2.37. The Balaban J connectivity index is 2.13. The minimum atomic E-state index is -1.26. The highest BCUT2D eigenvalue weighted by molar-refractivity contribution is 5.70. The van der Waals surface area contributed by atoms with E-state index in [-0.39, 0.29) is 0 Å². The van der Waals surface area contributed by atoms with Gasteiger partial charge in [-0.05, 0) is 0 Å². The zero-order valence-corrected chi connectivity index (χ0v) is 7.16. The van der Waals surface area contributed by atoms with Crippen LogP contribution in [0.15, 0.2) is 0 Å². The lowest BCUT2D eigenvalue weighted by Gasteiger charge is -2.36. The fourth-order valence-corrected chi connectivity index (χ4v) is 1.61. The Morgan fingerprint density at radius 2 is 2.07 bits per heavy atom. The van der Waals surface area contributed by atoms with Gasteiger partial charge in [0.05, 0.1) is 6.61 Å². The summed E-state index contributed by atoms with van der Waals surface area (Å²) in [6, 6.07) is 0. The lowest BCUT2D eigenvalue weighted by molar-refractivity contribution is -0.215. The van der Waals surface area contributed by atoms with Crippen molar-refractivity contribution in [3.8, 4) is 0 Å². The van der Waals surface area contributed by atoms with Crippen LogP contribution in [0.25, 0.3) is 0 Å². The summed E-state index contributed by atoms with van der Waals surface area (Å²) in [6.07, 6.45) is -5.84. The van der Waals surface area contributed by atoms with E-state index in [1.54, 1.807) is 0 Å². The van der Waals surface area contributed by atoms with Crippen molar-refractivity contribution in [2.75, 3.05) is 6.61 Å². The predicted octanol–water partition coefficient (Wildman–Crippen LogP) is -2.47. The van der Waals surface area contributed by atoms with Crippen molar-refractivity contribution >= 4 is 6.09 Å². The molecule has 2 aliphatic rings. The Kier molecular flexibility index (Phi) is 2.31. The van der Waals surface area contributed by atoms with Crippen LogP contribution in [0.4, 0.5) is 4.79 Å². The van der Waals surface area contributed by atoms with Crippen molar-refractivity contribution in [1.82, 2.24) is 5.32 Å². The topological polar surface area (TPSA) is 108 Å². The molecule has 0 unspecified atom stereocenters. The van der Waals surface area contributed by atoms with Crippen LogP contribution in [0, 0.1) is 0 Å². The Labute approximate surface area is 79.2 Å². The fraction of sp³-hybridized carbons (Fsp3) is 0.857. The summed E-state index contributed by atoms with van der Waals surface area (Å²) in [7, 11) is 0. The van der Waals surface area contributed by atoms with Crippen LogP contribution < -0.4 is 5.32 Å². The molecular weight excluding hydrogens is 194 g/mol. The van der Waals surface area contributed by atoms with Gasteiger partial charge < -0.3 is 24.8 Å². The first-order chi connectivity index (χ1) is 6.63. The Morgan fingerprint density at radius 3 is 2.71 bits per heavy atom. The SMILES string of the molecule is O=C1N[C@@H]2O[C@@H](CO)[C@H](O)[C@H](O)[C@H]2O1. The summed E-state index contributed by atoms with van der Waals surface area (Å²) in [5.74, 6) is 0. The Morgan fingerprint density at radius 1 is 1.36 bits per heavy atom. The molecule has 4 N–H and O–H groups in total. The first-order valence-electron chi connectivity index (χ1n) is 4.23. The molecule has 0 bridgehead atoms. The normalized spacial score (nSPS) is 46.8. The average Bonchev–Trinajstić information content (AvgIpc) is 2.52. The van der Waals surface area contributed by atoms with Crippen LogP contribution in [-0.2, 0) is 9.47 Å². The molecule has 0 aromatic heterocycles. The maximum absolute atomic E-state index is 10.8. The van der Waals surface area contributed by atoms with Gasteiger partial charge >= 0.3 is 6.09 Å². The number of amides is 1. The molecule has 2 aliphatic heterocycles. The van der Waals surface area contributed by atoms with E-state index in [4.69, 9.17) is 9.84 Å². The summed E-state index contributed by atoms with van der Waals surface area (Å²) >= 11 is 0. The van der Waals surface area contributed by atoms with Crippen molar-refractivity contribution in [2.24, 2.45) is 0 Å². The van der Waals surface area contributed by atoms with Gasteiger partial charge in [0.2, 0.25) is 0 Å². The van der Waals surface area contributed by atoms with Gasteiger partial charge in [0, 0.05) is 0 Å². The smallest absolute Gasteiger partial charge is 0.409 e.